The summed E-state index contributed by atoms with van der Waals surface area (Å²) in [5.74, 6) is -0.673. The maximum absolute atomic E-state index is 13.1. The highest BCUT2D eigenvalue weighted by atomic mass is 35.5. The highest BCUT2D eigenvalue weighted by molar-refractivity contribution is 6.30. The minimum Gasteiger partial charge on any atom is -0.304 e. The summed E-state index contributed by atoms with van der Waals surface area (Å²) in [6.45, 7) is 3.97. The first kappa shape index (κ1) is 14.9. The predicted octanol–water partition coefficient (Wildman–Crippen LogP) is 5.03. The van der Waals surface area contributed by atoms with Crippen molar-refractivity contribution in [2.24, 2.45) is 0 Å². The Hall–Kier alpha value is -1.45. The lowest BCUT2D eigenvalue weighted by Crippen LogP contribution is -2.22. The first-order valence-electron chi connectivity index (χ1n) is 6.44. The van der Waals surface area contributed by atoms with E-state index in [1.165, 1.54) is 18.2 Å². The molecule has 0 saturated carbocycles. The van der Waals surface area contributed by atoms with Crippen molar-refractivity contribution in [1.29, 1.82) is 0 Å². The van der Waals surface area contributed by atoms with Crippen molar-refractivity contribution < 1.29 is 8.78 Å². The topological polar surface area (TPSA) is 12.0 Å². The van der Waals surface area contributed by atoms with Crippen LogP contribution < -0.4 is 5.32 Å². The zero-order chi connectivity index (χ0) is 14.7. The third kappa shape index (κ3) is 3.56. The standard InChI is InChI=1S/C16H16ClF2N/c1-10(12-3-6-14(18)7-4-12)20-11(2)13-5-8-16(19)15(17)9-13/h3-11,20H,1-2H3/t10-,11?/m1/s1. The zero-order valence-corrected chi connectivity index (χ0v) is 12.1. The molecule has 0 amide bonds. The van der Waals surface area contributed by atoms with Gasteiger partial charge in [0.05, 0.1) is 5.02 Å². The highest BCUT2D eigenvalue weighted by Gasteiger charge is 2.12. The Kier molecular flexibility index (Phi) is 4.73. The van der Waals surface area contributed by atoms with E-state index in [9.17, 15) is 8.78 Å². The largest absolute Gasteiger partial charge is 0.304 e. The molecule has 0 heterocycles. The lowest BCUT2D eigenvalue weighted by Gasteiger charge is -2.21. The SMILES string of the molecule is CC(N[C@H](C)c1ccc(F)cc1)c1ccc(F)c(Cl)c1. The average molecular weight is 296 g/mol. The van der Waals surface area contributed by atoms with Crippen molar-refractivity contribution in [3.63, 3.8) is 0 Å². The molecule has 20 heavy (non-hydrogen) atoms. The van der Waals surface area contributed by atoms with Gasteiger partial charge in [-0.25, -0.2) is 8.78 Å². The van der Waals surface area contributed by atoms with Gasteiger partial charge in [-0.15, -0.1) is 0 Å². The van der Waals surface area contributed by atoms with Crippen LogP contribution in [0.15, 0.2) is 42.5 Å². The molecule has 0 radical (unpaired) electrons. The van der Waals surface area contributed by atoms with Gasteiger partial charge < -0.3 is 5.32 Å². The van der Waals surface area contributed by atoms with Crippen LogP contribution in [0.3, 0.4) is 0 Å². The first-order valence-corrected chi connectivity index (χ1v) is 6.81. The first-order chi connectivity index (χ1) is 9.47. The molecule has 2 aromatic carbocycles. The molecule has 0 spiro atoms. The molecule has 106 valence electrons. The molecule has 1 N–H and O–H groups in total. The van der Waals surface area contributed by atoms with Crippen molar-refractivity contribution >= 4 is 11.6 Å². The summed E-state index contributed by atoms with van der Waals surface area (Å²) in [7, 11) is 0. The van der Waals surface area contributed by atoms with Gasteiger partial charge in [-0.2, -0.15) is 0 Å². The fraction of sp³-hybridized carbons (Fsp3) is 0.250. The highest BCUT2D eigenvalue weighted by Crippen LogP contribution is 2.23. The maximum Gasteiger partial charge on any atom is 0.141 e. The summed E-state index contributed by atoms with van der Waals surface area (Å²) in [6, 6.07) is 11.1. The quantitative estimate of drug-likeness (QED) is 0.834. The number of nitrogens with one attached hydrogen (secondary N) is 1. The van der Waals surface area contributed by atoms with Gasteiger partial charge in [0.2, 0.25) is 0 Å². The minimum absolute atomic E-state index is 0.00755. The smallest absolute Gasteiger partial charge is 0.141 e. The van der Waals surface area contributed by atoms with Gasteiger partial charge >= 0.3 is 0 Å². The molecule has 1 unspecified atom stereocenters. The van der Waals surface area contributed by atoms with E-state index in [2.05, 4.69) is 5.32 Å². The Morgan fingerprint density at radius 2 is 1.45 bits per heavy atom. The van der Waals surface area contributed by atoms with Gasteiger partial charge in [-0.3, -0.25) is 0 Å². The van der Waals surface area contributed by atoms with Crippen LogP contribution in [0.2, 0.25) is 5.02 Å². The molecule has 2 rings (SSSR count). The van der Waals surface area contributed by atoms with Gasteiger partial charge in [-0.05, 0) is 49.2 Å². The van der Waals surface area contributed by atoms with Gasteiger partial charge in [0.15, 0.2) is 0 Å². The fourth-order valence-electron chi connectivity index (χ4n) is 2.10. The molecule has 0 fully saturated rings. The minimum atomic E-state index is -0.422. The molecule has 0 aliphatic rings. The summed E-state index contributed by atoms with van der Waals surface area (Å²) in [6.07, 6.45) is 0. The Morgan fingerprint density at radius 1 is 0.900 bits per heavy atom. The predicted molar refractivity (Wildman–Crippen MR) is 77.8 cm³/mol. The van der Waals surface area contributed by atoms with E-state index in [0.717, 1.165) is 11.1 Å². The summed E-state index contributed by atoms with van der Waals surface area (Å²) in [5, 5.41) is 3.49. The second kappa shape index (κ2) is 6.33. The van der Waals surface area contributed by atoms with Crippen molar-refractivity contribution in [3.05, 3.63) is 70.2 Å². The molecule has 1 nitrogen and oxygen atoms in total. The number of rotatable bonds is 4. The number of hydrogen-bond donors (Lipinski definition) is 1. The Labute approximate surface area is 122 Å². The second-order valence-corrected chi connectivity index (χ2v) is 5.24. The summed E-state index contributed by atoms with van der Waals surface area (Å²) in [5.41, 5.74) is 1.90. The van der Waals surface area contributed by atoms with Crippen LogP contribution in [0.1, 0.15) is 37.1 Å². The molecule has 0 saturated heterocycles. The molecule has 0 bridgehead atoms. The van der Waals surface area contributed by atoms with E-state index in [-0.39, 0.29) is 22.9 Å². The van der Waals surface area contributed by atoms with Gasteiger partial charge in [0.1, 0.15) is 11.6 Å². The Bertz CT molecular complexity index is 584. The third-order valence-corrected chi connectivity index (χ3v) is 3.60. The average Bonchev–Trinajstić information content (AvgIpc) is 2.42. The van der Waals surface area contributed by atoms with Crippen LogP contribution in [0, 0.1) is 11.6 Å². The summed E-state index contributed by atoms with van der Waals surface area (Å²) >= 11 is 5.78. The second-order valence-electron chi connectivity index (χ2n) is 4.84. The van der Waals surface area contributed by atoms with E-state index in [1.807, 2.05) is 13.8 Å². The van der Waals surface area contributed by atoms with Crippen LogP contribution in [-0.4, -0.2) is 0 Å². The number of benzene rings is 2. The lowest BCUT2D eigenvalue weighted by atomic mass is 10.0. The molecule has 2 atom stereocenters. The molecule has 0 aliphatic carbocycles. The van der Waals surface area contributed by atoms with Crippen molar-refractivity contribution in [1.82, 2.24) is 5.32 Å². The van der Waals surface area contributed by atoms with Crippen molar-refractivity contribution in [2.75, 3.05) is 0 Å². The molecule has 2 aromatic rings. The molecular formula is C16H16ClF2N. The lowest BCUT2D eigenvalue weighted by molar-refractivity contribution is 0.493. The van der Waals surface area contributed by atoms with Crippen LogP contribution in [-0.2, 0) is 0 Å². The van der Waals surface area contributed by atoms with Crippen LogP contribution in [0.25, 0.3) is 0 Å². The monoisotopic (exact) mass is 295 g/mol. The van der Waals surface area contributed by atoms with Gasteiger partial charge in [0, 0.05) is 12.1 Å². The Morgan fingerprint density at radius 3 is 2.05 bits per heavy atom. The van der Waals surface area contributed by atoms with Crippen LogP contribution in [0.5, 0.6) is 0 Å². The Balaban J connectivity index is 2.08. The van der Waals surface area contributed by atoms with Crippen LogP contribution in [0.4, 0.5) is 8.78 Å². The molecule has 4 heteroatoms. The summed E-state index contributed by atoms with van der Waals surface area (Å²) in [4.78, 5) is 0. The van der Waals surface area contributed by atoms with Crippen molar-refractivity contribution in [3.8, 4) is 0 Å². The molecular weight excluding hydrogens is 280 g/mol. The van der Waals surface area contributed by atoms with E-state index in [4.69, 9.17) is 11.6 Å². The van der Waals surface area contributed by atoms with E-state index >= 15 is 0 Å². The third-order valence-electron chi connectivity index (χ3n) is 3.31. The summed E-state index contributed by atoms with van der Waals surface area (Å²) < 4.78 is 26.0. The van der Waals surface area contributed by atoms with Crippen LogP contribution >= 0.6 is 11.6 Å². The maximum atomic E-state index is 13.1. The molecule has 0 aliphatic heterocycles. The normalized spacial score (nSPS) is 14.1. The number of hydrogen-bond acceptors (Lipinski definition) is 1. The van der Waals surface area contributed by atoms with Gasteiger partial charge in [-0.1, -0.05) is 29.8 Å². The zero-order valence-electron chi connectivity index (χ0n) is 11.3. The number of halogens is 3. The fourth-order valence-corrected chi connectivity index (χ4v) is 2.29. The van der Waals surface area contributed by atoms with Crippen molar-refractivity contribution in [2.45, 2.75) is 25.9 Å². The van der Waals surface area contributed by atoms with E-state index in [0.29, 0.717) is 0 Å². The van der Waals surface area contributed by atoms with E-state index in [1.54, 1.807) is 24.3 Å². The molecule has 0 aromatic heterocycles. The van der Waals surface area contributed by atoms with Gasteiger partial charge in [0.25, 0.3) is 0 Å². The van der Waals surface area contributed by atoms with E-state index < -0.39 is 5.82 Å².